The van der Waals surface area contributed by atoms with Crippen molar-refractivity contribution in [3.8, 4) is 0 Å². The van der Waals surface area contributed by atoms with Crippen molar-refractivity contribution >= 4 is 5.78 Å². The molecule has 0 heterocycles. The van der Waals surface area contributed by atoms with Gasteiger partial charge < -0.3 is 0 Å². The molecule has 0 saturated heterocycles. The van der Waals surface area contributed by atoms with Crippen molar-refractivity contribution in [2.75, 3.05) is 0 Å². The van der Waals surface area contributed by atoms with Gasteiger partial charge in [0.25, 0.3) is 0 Å². The normalized spacial score (nSPS) is 26.6. The number of carbonyl (C=O) groups excluding carboxylic acids is 1. The minimum atomic E-state index is -0.372. The average Bonchev–Trinajstić information content (AvgIpc) is 2.78. The Morgan fingerprint density at radius 2 is 1.53 bits per heavy atom. The maximum Gasteiger partial charge on any atom is 0.143 e. The predicted molar refractivity (Wildman–Crippen MR) is 77.2 cm³/mol. The van der Waals surface area contributed by atoms with Gasteiger partial charge >= 0.3 is 0 Å². The molecule has 2 aromatic carbocycles. The standard InChI is InChI=1S/C18H18O/c1-18(15-10-6-3-7-11-15)16(12-13-17(18)19)14-8-4-2-5-9-14/h2-11,16H,12-13H2,1H3. The molecule has 96 valence electrons. The van der Waals surface area contributed by atoms with E-state index in [0.717, 1.165) is 12.0 Å². The van der Waals surface area contributed by atoms with Crippen LogP contribution in [0.1, 0.15) is 36.8 Å². The topological polar surface area (TPSA) is 17.1 Å². The number of rotatable bonds is 2. The van der Waals surface area contributed by atoms with E-state index in [1.807, 2.05) is 24.3 Å². The summed E-state index contributed by atoms with van der Waals surface area (Å²) in [5.41, 5.74) is 2.05. The monoisotopic (exact) mass is 250 g/mol. The first kappa shape index (κ1) is 12.2. The van der Waals surface area contributed by atoms with Crippen LogP contribution in [0.2, 0.25) is 0 Å². The van der Waals surface area contributed by atoms with Crippen LogP contribution < -0.4 is 0 Å². The fourth-order valence-corrected chi connectivity index (χ4v) is 3.35. The SMILES string of the molecule is CC1(c2ccccc2)C(=O)CCC1c1ccccc1. The molecule has 0 radical (unpaired) electrons. The molecule has 2 atom stereocenters. The van der Waals surface area contributed by atoms with Gasteiger partial charge in [-0.15, -0.1) is 0 Å². The average molecular weight is 250 g/mol. The molecule has 0 amide bonds. The second kappa shape index (κ2) is 4.65. The van der Waals surface area contributed by atoms with Crippen LogP contribution >= 0.6 is 0 Å². The van der Waals surface area contributed by atoms with Gasteiger partial charge in [-0.05, 0) is 24.5 Å². The maximum absolute atomic E-state index is 12.5. The van der Waals surface area contributed by atoms with E-state index < -0.39 is 0 Å². The molecule has 0 aromatic heterocycles. The first-order valence-electron chi connectivity index (χ1n) is 6.86. The molecule has 1 aliphatic rings. The van der Waals surface area contributed by atoms with Crippen LogP contribution in [-0.2, 0) is 10.2 Å². The van der Waals surface area contributed by atoms with Crippen LogP contribution in [0.5, 0.6) is 0 Å². The second-order valence-electron chi connectivity index (χ2n) is 5.49. The number of carbonyl (C=O) groups is 1. The molecule has 19 heavy (non-hydrogen) atoms. The fraction of sp³-hybridized carbons (Fsp3) is 0.278. The van der Waals surface area contributed by atoms with Crippen molar-refractivity contribution in [1.29, 1.82) is 0 Å². The minimum absolute atomic E-state index is 0.295. The van der Waals surface area contributed by atoms with Gasteiger partial charge in [0.2, 0.25) is 0 Å². The van der Waals surface area contributed by atoms with Crippen LogP contribution in [0.3, 0.4) is 0 Å². The molecule has 0 bridgehead atoms. The zero-order chi connectivity index (χ0) is 13.3. The molecule has 0 aliphatic heterocycles. The summed E-state index contributed by atoms with van der Waals surface area (Å²) in [4.78, 5) is 12.5. The summed E-state index contributed by atoms with van der Waals surface area (Å²) in [6, 6.07) is 20.6. The molecular weight excluding hydrogens is 232 g/mol. The van der Waals surface area contributed by atoms with Crippen LogP contribution in [-0.4, -0.2) is 5.78 Å². The van der Waals surface area contributed by atoms with E-state index in [-0.39, 0.29) is 5.41 Å². The summed E-state index contributed by atoms with van der Waals surface area (Å²) >= 11 is 0. The van der Waals surface area contributed by atoms with E-state index in [1.165, 1.54) is 5.56 Å². The Bertz CT molecular complexity index is 573. The van der Waals surface area contributed by atoms with E-state index in [1.54, 1.807) is 0 Å². The lowest BCUT2D eigenvalue weighted by Crippen LogP contribution is -2.32. The minimum Gasteiger partial charge on any atom is -0.299 e. The Kier molecular flexibility index (Phi) is 2.98. The van der Waals surface area contributed by atoms with Gasteiger partial charge in [0.05, 0.1) is 5.41 Å². The summed E-state index contributed by atoms with van der Waals surface area (Å²) in [6.07, 6.45) is 1.64. The number of ketones is 1. The van der Waals surface area contributed by atoms with Crippen LogP contribution in [0.25, 0.3) is 0 Å². The molecule has 1 fully saturated rings. The molecule has 1 nitrogen and oxygen atoms in total. The van der Waals surface area contributed by atoms with E-state index in [0.29, 0.717) is 18.1 Å². The lowest BCUT2D eigenvalue weighted by atomic mass is 9.70. The highest BCUT2D eigenvalue weighted by Gasteiger charge is 2.47. The summed E-state index contributed by atoms with van der Waals surface area (Å²) in [7, 11) is 0. The Hall–Kier alpha value is -1.89. The van der Waals surface area contributed by atoms with Gasteiger partial charge in [-0.1, -0.05) is 60.7 Å². The van der Waals surface area contributed by atoms with Crippen LogP contribution in [0, 0.1) is 0 Å². The molecule has 0 spiro atoms. The second-order valence-corrected chi connectivity index (χ2v) is 5.49. The Labute approximate surface area is 114 Å². The number of hydrogen-bond donors (Lipinski definition) is 0. The molecule has 1 heteroatoms. The largest absolute Gasteiger partial charge is 0.299 e. The van der Waals surface area contributed by atoms with Crippen molar-refractivity contribution in [3.63, 3.8) is 0 Å². The highest BCUT2D eigenvalue weighted by molar-refractivity contribution is 5.93. The van der Waals surface area contributed by atoms with Crippen LogP contribution in [0.4, 0.5) is 0 Å². The van der Waals surface area contributed by atoms with Gasteiger partial charge in [0.15, 0.2) is 0 Å². The first-order chi connectivity index (χ1) is 9.23. The highest BCUT2D eigenvalue weighted by Crippen LogP contribution is 2.48. The highest BCUT2D eigenvalue weighted by atomic mass is 16.1. The van der Waals surface area contributed by atoms with Crippen molar-refractivity contribution in [1.82, 2.24) is 0 Å². The van der Waals surface area contributed by atoms with E-state index in [9.17, 15) is 4.79 Å². The zero-order valence-corrected chi connectivity index (χ0v) is 11.2. The van der Waals surface area contributed by atoms with Gasteiger partial charge in [0.1, 0.15) is 5.78 Å². The van der Waals surface area contributed by atoms with Gasteiger partial charge in [0, 0.05) is 12.3 Å². The Morgan fingerprint density at radius 3 is 2.16 bits per heavy atom. The summed E-state index contributed by atoms with van der Waals surface area (Å²) in [5, 5.41) is 0. The van der Waals surface area contributed by atoms with Crippen molar-refractivity contribution in [2.45, 2.75) is 31.1 Å². The Morgan fingerprint density at radius 1 is 0.947 bits per heavy atom. The number of benzene rings is 2. The molecule has 3 rings (SSSR count). The molecule has 2 unspecified atom stereocenters. The summed E-state index contributed by atoms with van der Waals surface area (Å²) in [6.45, 7) is 2.11. The van der Waals surface area contributed by atoms with E-state index in [2.05, 4.69) is 43.3 Å². The van der Waals surface area contributed by atoms with Crippen molar-refractivity contribution in [2.24, 2.45) is 0 Å². The number of hydrogen-bond acceptors (Lipinski definition) is 1. The van der Waals surface area contributed by atoms with Gasteiger partial charge in [-0.2, -0.15) is 0 Å². The zero-order valence-electron chi connectivity index (χ0n) is 11.2. The van der Waals surface area contributed by atoms with E-state index in [4.69, 9.17) is 0 Å². The van der Waals surface area contributed by atoms with Crippen molar-refractivity contribution in [3.05, 3.63) is 71.8 Å². The molecular formula is C18H18O. The third-order valence-electron chi connectivity index (χ3n) is 4.51. The quantitative estimate of drug-likeness (QED) is 0.784. The Balaban J connectivity index is 2.09. The molecule has 0 N–H and O–H groups in total. The van der Waals surface area contributed by atoms with E-state index >= 15 is 0 Å². The smallest absolute Gasteiger partial charge is 0.143 e. The van der Waals surface area contributed by atoms with Gasteiger partial charge in [-0.25, -0.2) is 0 Å². The summed E-state index contributed by atoms with van der Waals surface area (Å²) in [5.74, 6) is 0.663. The predicted octanol–water partition coefficient (Wildman–Crippen LogP) is 4.09. The third-order valence-corrected chi connectivity index (χ3v) is 4.51. The molecule has 1 saturated carbocycles. The molecule has 2 aromatic rings. The lowest BCUT2D eigenvalue weighted by molar-refractivity contribution is -0.121. The lowest BCUT2D eigenvalue weighted by Gasteiger charge is -2.31. The molecule has 1 aliphatic carbocycles. The number of Topliss-reactive ketones (excluding diaryl/α,β-unsaturated/α-hetero) is 1. The first-order valence-corrected chi connectivity index (χ1v) is 6.86. The fourth-order valence-electron chi connectivity index (χ4n) is 3.35. The third kappa shape index (κ3) is 1.90. The van der Waals surface area contributed by atoms with Crippen molar-refractivity contribution < 1.29 is 4.79 Å². The van der Waals surface area contributed by atoms with Crippen LogP contribution in [0.15, 0.2) is 60.7 Å². The summed E-state index contributed by atoms with van der Waals surface area (Å²) < 4.78 is 0. The maximum atomic E-state index is 12.5. The van der Waals surface area contributed by atoms with Gasteiger partial charge in [-0.3, -0.25) is 4.79 Å².